The Hall–Kier alpha value is -2.31. The van der Waals surface area contributed by atoms with Crippen molar-refractivity contribution < 1.29 is 19.2 Å². The number of nitro benzene ring substituents is 1. The fourth-order valence-corrected chi connectivity index (χ4v) is 6.07. The van der Waals surface area contributed by atoms with Crippen molar-refractivity contribution in [2.24, 2.45) is 23.2 Å². The second kappa shape index (κ2) is 6.69. The maximum Gasteiger partial charge on any atom is 0.286 e. The van der Waals surface area contributed by atoms with E-state index in [1.54, 1.807) is 0 Å². The number of amides is 1. The lowest BCUT2D eigenvalue weighted by Gasteiger charge is -2.56. The number of nitrogens with zero attached hydrogens (tertiary/aromatic N) is 1. The highest BCUT2D eigenvalue weighted by molar-refractivity contribution is 5.99. The van der Waals surface area contributed by atoms with Gasteiger partial charge in [0.1, 0.15) is 5.56 Å². The number of nitro groups is 1. The van der Waals surface area contributed by atoms with E-state index in [1.807, 2.05) is 0 Å². The highest BCUT2D eigenvalue weighted by atomic mass is 16.6. The van der Waals surface area contributed by atoms with Gasteiger partial charge in [-0.1, -0.05) is 0 Å². The van der Waals surface area contributed by atoms with Crippen molar-refractivity contribution in [3.63, 3.8) is 0 Å². The van der Waals surface area contributed by atoms with Gasteiger partial charge in [-0.25, -0.2) is 0 Å². The fourth-order valence-electron chi connectivity index (χ4n) is 6.07. The van der Waals surface area contributed by atoms with Crippen molar-refractivity contribution in [3.05, 3.63) is 27.8 Å². The molecule has 4 fully saturated rings. The molecule has 4 aliphatic carbocycles. The summed E-state index contributed by atoms with van der Waals surface area (Å²) in [5.74, 6) is 2.51. The Labute approximate surface area is 158 Å². The number of carbonyl (C=O) groups excluding carboxylic acids is 1. The summed E-state index contributed by atoms with van der Waals surface area (Å²) in [5, 5.41) is 14.4. The van der Waals surface area contributed by atoms with Gasteiger partial charge in [0.2, 0.25) is 0 Å². The molecule has 0 aliphatic heterocycles. The topological polar surface area (TPSA) is 90.7 Å². The number of nitrogens with one attached hydrogen (secondary N) is 1. The van der Waals surface area contributed by atoms with E-state index in [4.69, 9.17) is 9.47 Å². The van der Waals surface area contributed by atoms with Crippen LogP contribution in [0.25, 0.3) is 0 Å². The van der Waals surface area contributed by atoms with Crippen LogP contribution >= 0.6 is 0 Å². The van der Waals surface area contributed by atoms with Crippen molar-refractivity contribution in [3.8, 4) is 11.5 Å². The first-order chi connectivity index (χ1) is 12.9. The second-order valence-electron chi connectivity index (χ2n) is 8.58. The lowest BCUT2D eigenvalue weighted by atomic mass is 9.49. The number of hydrogen-bond donors (Lipinski definition) is 1. The molecule has 1 N–H and O–H groups in total. The quantitative estimate of drug-likeness (QED) is 0.607. The molecular formula is C20H26N2O5. The Morgan fingerprint density at radius 3 is 2.11 bits per heavy atom. The van der Waals surface area contributed by atoms with E-state index in [1.165, 1.54) is 64.9 Å². The lowest BCUT2D eigenvalue weighted by molar-refractivity contribution is -0.385. The third-order valence-electron chi connectivity index (χ3n) is 6.73. The van der Waals surface area contributed by atoms with E-state index in [0.29, 0.717) is 12.3 Å². The van der Waals surface area contributed by atoms with Gasteiger partial charge >= 0.3 is 0 Å². The standard InChI is InChI=1S/C20H26N2O5/c1-26-17-6-15(16(22(24)25)7-18(17)27-2)19(23)21-11-20-8-12-3-13(9-20)5-14(4-12)10-20/h6-7,12-14H,3-5,8-11H2,1-2H3,(H,21,23). The Balaban J connectivity index is 1.54. The van der Waals surface area contributed by atoms with Gasteiger partial charge in [-0.15, -0.1) is 0 Å². The van der Waals surface area contributed by atoms with Gasteiger partial charge < -0.3 is 14.8 Å². The molecule has 7 heteroatoms. The van der Waals surface area contributed by atoms with Crippen LogP contribution in [0, 0.1) is 33.3 Å². The minimum Gasteiger partial charge on any atom is -0.493 e. The van der Waals surface area contributed by atoms with Gasteiger partial charge in [-0.2, -0.15) is 0 Å². The molecule has 4 aliphatic rings. The van der Waals surface area contributed by atoms with Crippen LogP contribution < -0.4 is 14.8 Å². The molecule has 4 saturated carbocycles. The summed E-state index contributed by atoms with van der Waals surface area (Å²) in [7, 11) is 2.86. The molecule has 5 rings (SSSR count). The van der Waals surface area contributed by atoms with Gasteiger partial charge in [0.15, 0.2) is 11.5 Å². The molecule has 0 heterocycles. The van der Waals surface area contributed by atoms with Crippen molar-refractivity contribution in [1.29, 1.82) is 0 Å². The van der Waals surface area contributed by atoms with E-state index in [0.717, 1.165) is 17.8 Å². The summed E-state index contributed by atoms with van der Waals surface area (Å²) in [5.41, 5.74) is -0.0755. The molecule has 1 amide bonds. The summed E-state index contributed by atoms with van der Waals surface area (Å²) in [6.45, 7) is 0.598. The third kappa shape index (κ3) is 3.24. The van der Waals surface area contributed by atoms with Crippen LogP contribution in [0.5, 0.6) is 11.5 Å². The van der Waals surface area contributed by atoms with Gasteiger partial charge in [0.05, 0.1) is 25.2 Å². The van der Waals surface area contributed by atoms with Crippen LogP contribution in [0.2, 0.25) is 0 Å². The highest BCUT2D eigenvalue weighted by Gasteiger charge is 2.50. The summed E-state index contributed by atoms with van der Waals surface area (Å²) in [6, 6.07) is 2.64. The maximum atomic E-state index is 12.8. The molecule has 4 bridgehead atoms. The smallest absolute Gasteiger partial charge is 0.286 e. The van der Waals surface area contributed by atoms with E-state index < -0.39 is 10.8 Å². The zero-order chi connectivity index (χ0) is 19.2. The molecular weight excluding hydrogens is 348 g/mol. The molecule has 1 aromatic rings. The number of methoxy groups -OCH3 is 2. The molecule has 0 saturated heterocycles. The fraction of sp³-hybridized carbons (Fsp3) is 0.650. The zero-order valence-corrected chi connectivity index (χ0v) is 15.8. The predicted molar refractivity (Wildman–Crippen MR) is 99.1 cm³/mol. The largest absolute Gasteiger partial charge is 0.493 e. The van der Waals surface area contributed by atoms with E-state index in [9.17, 15) is 14.9 Å². The number of hydrogen-bond acceptors (Lipinski definition) is 5. The summed E-state index contributed by atoms with van der Waals surface area (Å²) in [4.78, 5) is 23.7. The second-order valence-corrected chi connectivity index (χ2v) is 8.58. The Bertz CT molecular complexity index is 741. The van der Waals surface area contributed by atoms with Crippen molar-refractivity contribution in [2.75, 3.05) is 20.8 Å². The molecule has 0 radical (unpaired) electrons. The molecule has 27 heavy (non-hydrogen) atoms. The van der Waals surface area contributed by atoms with Crippen molar-refractivity contribution in [1.82, 2.24) is 5.32 Å². The minimum absolute atomic E-state index is 0.0161. The third-order valence-corrected chi connectivity index (χ3v) is 6.73. The summed E-state index contributed by atoms with van der Waals surface area (Å²) >= 11 is 0. The molecule has 1 aromatic carbocycles. The molecule has 0 aromatic heterocycles. The van der Waals surface area contributed by atoms with E-state index >= 15 is 0 Å². The Kier molecular flexibility index (Phi) is 4.48. The first-order valence-corrected chi connectivity index (χ1v) is 9.61. The average molecular weight is 374 g/mol. The Morgan fingerprint density at radius 1 is 1.11 bits per heavy atom. The van der Waals surface area contributed by atoms with Crippen LogP contribution in [0.1, 0.15) is 48.9 Å². The summed E-state index contributed by atoms with van der Waals surface area (Å²) < 4.78 is 10.3. The molecule has 7 nitrogen and oxygen atoms in total. The number of rotatable bonds is 6. The minimum atomic E-state index is -0.554. The maximum absolute atomic E-state index is 12.8. The van der Waals surface area contributed by atoms with Crippen LogP contribution in [0.3, 0.4) is 0 Å². The lowest BCUT2D eigenvalue weighted by Crippen LogP contribution is -2.51. The van der Waals surface area contributed by atoms with Crippen LogP contribution in [0.15, 0.2) is 12.1 Å². The highest BCUT2D eigenvalue weighted by Crippen LogP contribution is 2.59. The van der Waals surface area contributed by atoms with Crippen molar-refractivity contribution >= 4 is 11.6 Å². The normalized spacial score (nSPS) is 30.8. The number of benzene rings is 1. The molecule has 0 atom stereocenters. The first-order valence-electron chi connectivity index (χ1n) is 9.61. The number of ether oxygens (including phenoxy) is 2. The molecule has 146 valence electrons. The van der Waals surface area contributed by atoms with E-state index in [-0.39, 0.29) is 22.4 Å². The van der Waals surface area contributed by atoms with Crippen LogP contribution in [0.4, 0.5) is 5.69 Å². The zero-order valence-electron chi connectivity index (χ0n) is 15.8. The molecule has 0 unspecified atom stereocenters. The Morgan fingerprint density at radius 2 is 1.63 bits per heavy atom. The predicted octanol–water partition coefficient (Wildman–Crippen LogP) is 3.56. The summed E-state index contributed by atoms with van der Waals surface area (Å²) in [6.07, 6.45) is 7.55. The SMILES string of the molecule is COc1cc(C(=O)NCC23CC4CC(CC(C4)C2)C3)c([N+](=O)[O-])cc1OC. The van der Waals surface area contributed by atoms with Crippen molar-refractivity contribution in [2.45, 2.75) is 38.5 Å². The van der Waals surface area contributed by atoms with E-state index in [2.05, 4.69) is 5.32 Å². The molecule has 0 spiro atoms. The van der Waals surface area contributed by atoms with Gasteiger partial charge in [0.25, 0.3) is 11.6 Å². The average Bonchev–Trinajstić information content (AvgIpc) is 2.63. The first kappa shape index (κ1) is 18.1. The van der Waals surface area contributed by atoms with Gasteiger partial charge in [-0.3, -0.25) is 14.9 Å². The number of carbonyl (C=O) groups is 1. The van der Waals surface area contributed by atoms with Gasteiger partial charge in [0, 0.05) is 12.6 Å². The van der Waals surface area contributed by atoms with Gasteiger partial charge in [-0.05, 0) is 61.7 Å². The van der Waals surface area contributed by atoms with Crippen LogP contribution in [-0.2, 0) is 0 Å². The van der Waals surface area contributed by atoms with Crippen LogP contribution in [-0.4, -0.2) is 31.6 Å². The monoisotopic (exact) mass is 374 g/mol.